The van der Waals surface area contributed by atoms with Gasteiger partial charge in [0.05, 0.1) is 0 Å². The van der Waals surface area contributed by atoms with E-state index < -0.39 is 11.7 Å². The van der Waals surface area contributed by atoms with Gasteiger partial charge in [0.15, 0.2) is 0 Å². The Morgan fingerprint density at radius 1 is 1.16 bits per heavy atom. The number of hydrogen-bond acceptors (Lipinski definition) is 5. The van der Waals surface area contributed by atoms with Gasteiger partial charge in [-0.1, -0.05) is 24.4 Å². The number of nitrogens with zero attached hydrogens (tertiary/aromatic N) is 3. The van der Waals surface area contributed by atoms with Crippen LogP contribution in [0.15, 0.2) is 12.1 Å². The highest BCUT2D eigenvalue weighted by Crippen LogP contribution is 2.30. The molecule has 3 rings (SSSR count). The van der Waals surface area contributed by atoms with Crippen molar-refractivity contribution in [1.82, 2.24) is 14.7 Å². The number of halogens is 1. The molecule has 212 valence electrons. The van der Waals surface area contributed by atoms with E-state index in [1.165, 1.54) is 17.7 Å². The van der Waals surface area contributed by atoms with Crippen LogP contribution in [0.2, 0.25) is 5.02 Å². The second kappa shape index (κ2) is 13.2. The van der Waals surface area contributed by atoms with Gasteiger partial charge in [-0.15, -0.1) is 0 Å². The molecule has 1 aromatic rings. The average Bonchev–Trinajstić information content (AvgIpc) is 3.35. The van der Waals surface area contributed by atoms with Crippen LogP contribution in [-0.4, -0.2) is 77.5 Å². The Morgan fingerprint density at radius 2 is 1.84 bits per heavy atom. The smallest absolute Gasteiger partial charge is 0.410 e. The first-order valence-electron chi connectivity index (χ1n) is 13.9. The first-order chi connectivity index (χ1) is 17.8. The fourth-order valence-corrected chi connectivity index (χ4v) is 5.54. The van der Waals surface area contributed by atoms with Crippen LogP contribution in [-0.2, 0) is 20.9 Å². The van der Waals surface area contributed by atoms with Gasteiger partial charge < -0.3 is 19.9 Å². The molecule has 1 atom stereocenters. The van der Waals surface area contributed by atoms with E-state index in [9.17, 15) is 14.4 Å². The van der Waals surface area contributed by atoms with E-state index in [0.29, 0.717) is 36.1 Å². The minimum atomic E-state index is -0.553. The van der Waals surface area contributed by atoms with Crippen molar-refractivity contribution in [2.45, 2.75) is 91.3 Å². The molecule has 1 N–H and O–H groups in total. The second-order valence-electron chi connectivity index (χ2n) is 11.9. The maximum Gasteiger partial charge on any atom is 0.410 e. The van der Waals surface area contributed by atoms with Crippen LogP contribution in [0, 0.1) is 12.8 Å². The van der Waals surface area contributed by atoms with Crippen molar-refractivity contribution < 1.29 is 19.1 Å². The summed E-state index contributed by atoms with van der Waals surface area (Å²) < 4.78 is 5.35. The minimum Gasteiger partial charge on any atom is -0.444 e. The Bertz CT molecular complexity index is 1000. The highest BCUT2D eigenvalue weighted by Gasteiger charge is 2.33. The van der Waals surface area contributed by atoms with Crippen molar-refractivity contribution in [2.75, 3.05) is 38.5 Å². The number of amides is 3. The summed E-state index contributed by atoms with van der Waals surface area (Å²) in [5, 5.41) is 3.58. The van der Waals surface area contributed by atoms with Gasteiger partial charge in [-0.3, -0.25) is 14.5 Å². The lowest BCUT2D eigenvalue weighted by atomic mass is 10.0. The molecule has 38 heavy (non-hydrogen) atoms. The number of carbonyl (C=O) groups is 3. The Kier molecular flexibility index (Phi) is 10.5. The zero-order chi connectivity index (χ0) is 28.0. The first kappa shape index (κ1) is 30.2. The van der Waals surface area contributed by atoms with E-state index in [1.54, 1.807) is 13.1 Å². The third kappa shape index (κ3) is 8.60. The summed E-state index contributed by atoms with van der Waals surface area (Å²) in [6.07, 6.45) is 4.80. The molecular formula is C29H45ClN4O4. The first-order valence-corrected chi connectivity index (χ1v) is 14.3. The molecule has 1 saturated heterocycles. The number of nitrogens with one attached hydrogen (secondary N) is 1. The van der Waals surface area contributed by atoms with Gasteiger partial charge >= 0.3 is 6.09 Å². The van der Waals surface area contributed by atoms with Crippen LogP contribution >= 0.6 is 11.6 Å². The molecule has 0 bridgehead atoms. The molecule has 0 aromatic heterocycles. The van der Waals surface area contributed by atoms with Crippen LogP contribution in [0.1, 0.15) is 77.3 Å². The lowest BCUT2D eigenvalue weighted by Gasteiger charge is -2.41. The van der Waals surface area contributed by atoms with Crippen molar-refractivity contribution in [2.24, 2.45) is 5.92 Å². The summed E-state index contributed by atoms with van der Waals surface area (Å²) in [5.41, 5.74) is 2.22. The lowest BCUT2D eigenvalue weighted by Crippen LogP contribution is -2.54. The highest BCUT2D eigenvalue weighted by atomic mass is 35.5. The Balaban J connectivity index is 1.52. The zero-order valence-corrected chi connectivity index (χ0v) is 24.7. The fourth-order valence-electron chi connectivity index (χ4n) is 5.30. The average molecular weight is 549 g/mol. The summed E-state index contributed by atoms with van der Waals surface area (Å²) >= 11 is 6.44. The normalized spacial score (nSPS) is 18.9. The summed E-state index contributed by atoms with van der Waals surface area (Å²) in [6, 6.07) is 3.92. The molecule has 0 radical (unpaired) electrons. The molecule has 2 aliphatic rings. The maximum atomic E-state index is 12.9. The van der Waals surface area contributed by atoms with Crippen molar-refractivity contribution >= 4 is 35.2 Å². The maximum absolute atomic E-state index is 12.9. The van der Waals surface area contributed by atoms with Gasteiger partial charge in [0.25, 0.3) is 0 Å². The monoisotopic (exact) mass is 548 g/mol. The van der Waals surface area contributed by atoms with Crippen molar-refractivity contribution in [3.05, 3.63) is 28.3 Å². The van der Waals surface area contributed by atoms with Gasteiger partial charge in [-0.25, -0.2) is 4.79 Å². The molecule has 0 unspecified atom stereocenters. The third-order valence-electron chi connectivity index (χ3n) is 7.45. The van der Waals surface area contributed by atoms with E-state index in [1.807, 2.05) is 33.8 Å². The molecule has 1 heterocycles. The summed E-state index contributed by atoms with van der Waals surface area (Å²) in [4.78, 5) is 43.6. The van der Waals surface area contributed by atoms with Crippen LogP contribution in [0.4, 0.5) is 10.5 Å². The Hall–Kier alpha value is -2.32. The molecule has 0 spiro atoms. The number of piperazine rings is 1. The number of ether oxygens (including phenoxy) is 1. The lowest BCUT2D eigenvalue weighted by molar-refractivity contribution is -0.140. The molecular weight excluding hydrogens is 504 g/mol. The molecule has 1 aliphatic carbocycles. The number of rotatable bonds is 8. The number of benzene rings is 1. The Morgan fingerprint density at radius 3 is 2.47 bits per heavy atom. The summed E-state index contributed by atoms with van der Waals surface area (Å²) in [7, 11) is 1.67. The Labute approximate surface area is 233 Å². The van der Waals surface area contributed by atoms with Crippen LogP contribution in [0.25, 0.3) is 0 Å². The number of hydrogen-bond donors (Lipinski definition) is 1. The van der Waals surface area contributed by atoms with Crippen molar-refractivity contribution in [3.63, 3.8) is 0 Å². The van der Waals surface area contributed by atoms with Crippen LogP contribution < -0.4 is 5.32 Å². The summed E-state index contributed by atoms with van der Waals surface area (Å²) in [5.74, 6) is 0.422. The quantitative estimate of drug-likeness (QED) is 0.466. The van der Waals surface area contributed by atoms with E-state index in [0.717, 1.165) is 43.6 Å². The molecule has 9 heteroatoms. The predicted molar refractivity (Wildman–Crippen MR) is 151 cm³/mol. The van der Waals surface area contributed by atoms with E-state index in [4.69, 9.17) is 16.3 Å². The predicted octanol–water partition coefficient (Wildman–Crippen LogP) is 5.46. The SMILES string of the molecule is Cc1c(CN2CCN(C(=O)C3CCCC3)[C@@H](C)C2)cc(Cl)cc1NC(=O)CCCN(C)C(=O)OC(C)(C)C. The zero-order valence-electron chi connectivity index (χ0n) is 23.9. The standard InChI is InChI=1S/C29H45ClN4O4/c1-20-18-33(14-15-34(20)27(36)22-10-7-8-11-22)19-23-16-24(30)17-25(21(23)2)31-26(35)12-9-13-32(6)28(37)38-29(3,4)5/h16-17,20,22H,7-15,18-19H2,1-6H3,(H,31,35)/t20-/m0/s1. The van der Waals surface area contributed by atoms with Gasteiger partial charge in [0, 0.05) is 68.9 Å². The topological polar surface area (TPSA) is 82.2 Å². The molecule has 1 aliphatic heterocycles. The molecule has 2 fully saturated rings. The molecule has 1 saturated carbocycles. The highest BCUT2D eigenvalue weighted by molar-refractivity contribution is 6.31. The van der Waals surface area contributed by atoms with Gasteiger partial charge in [0.2, 0.25) is 11.8 Å². The van der Waals surface area contributed by atoms with E-state index >= 15 is 0 Å². The largest absolute Gasteiger partial charge is 0.444 e. The van der Waals surface area contributed by atoms with Gasteiger partial charge in [-0.2, -0.15) is 0 Å². The van der Waals surface area contributed by atoms with Crippen LogP contribution in [0.5, 0.6) is 0 Å². The van der Waals surface area contributed by atoms with Crippen molar-refractivity contribution in [1.29, 1.82) is 0 Å². The van der Waals surface area contributed by atoms with Crippen LogP contribution in [0.3, 0.4) is 0 Å². The third-order valence-corrected chi connectivity index (χ3v) is 7.67. The molecule has 8 nitrogen and oxygen atoms in total. The van der Waals surface area contributed by atoms with E-state index in [-0.39, 0.29) is 24.3 Å². The number of anilines is 1. The molecule has 1 aromatic carbocycles. The van der Waals surface area contributed by atoms with Crippen molar-refractivity contribution in [3.8, 4) is 0 Å². The minimum absolute atomic E-state index is 0.119. The molecule has 3 amide bonds. The fraction of sp³-hybridized carbons (Fsp3) is 0.690. The summed E-state index contributed by atoms with van der Waals surface area (Å²) in [6.45, 7) is 13.1. The van der Waals surface area contributed by atoms with Gasteiger partial charge in [-0.05, 0) is 77.1 Å². The van der Waals surface area contributed by atoms with E-state index in [2.05, 4.69) is 22.0 Å². The van der Waals surface area contributed by atoms with Gasteiger partial charge in [0.1, 0.15) is 5.60 Å². The number of carbonyl (C=O) groups excluding carboxylic acids is 3. The second-order valence-corrected chi connectivity index (χ2v) is 12.3.